The molecule has 0 saturated carbocycles. The second kappa shape index (κ2) is 5.70. The van der Waals surface area contributed by atoms with Crippen LogP contribution >= 0.6 is 0 Å². The molecule has 4 rings (SSSR count). The average Bonchev–Trinajstić information content (AvgIpc) is 3.16. The molecule has 1 amide bonds. The molecule has 0 aromatic heterocycles. The summed E-state index contributed by atoms with van der Waals surface area (Å²) in [5.74, 6) is 1.15. The van der Waals surface area contributed by atoms with E-state index < -0.39 is 15.6 Å². The van der Waals surface area contributed by atoms with E-state index in [1.807, 2.05) is 31.7 Å². The van der Waals surface area contributed by atoms with Gasteiger partial charge in [-0.1, -0.05) is 12.1 Å². The molecule has 2 fully saturated rings. The van der Waals surface area contributed by atoms with Crippen LogP contribution < -0.4 is 0 Å². The molecule has 0 bridgehead atoms. The van der Waals surface area contributed by atoms with Gasteiger partial charge in [0.2, 0.25) is 0 Å². The highest BCUT2D eigenvalue weighted by molar-refractivity contribution is 7.90. The fourth-order valence-electron chi connectivity index (χ4n) is 3.96. The fourth-order valence-corrected chi connectivity index (χ4v) is 5.19. The van der Waals surface area contributed by atoms with Crippen LogP contribution in [0.15, 0.2) is 33.6 Å². The lowest BCUT2D eigenvalue weighted by Crippen LogP contribution is -2.38. The molecular weight excluding hydrogens is 354 g/mol. The van der Waals surface area contributed by atoms with E-state index in [4.69, 9.17) is 4.74 Å². The van der Waals surface area contributed by atoms with E-state index in [9.17, 15) is 13.2 Å². The largest absolute Gasteiger partial charge is 0.444 e. The molecule has 1 aromatic rings. The number of sulfonamides is 1. The first-order valence-electron chi connectivity index (χ1n) is 8.81. The summed E-state index contributed by atoms with van der Waals surface area (Å²) in [4.78, 5) is 16.4. The smallest absolute Gasteiger partial charge is 0.410 e. The second-order valence-corrected chi connectivity index (χ2v) is 9.77. The Labute approximate surface area is 153 Å². The predicted molar refractivity (Wildman–Crippen MR) is 96.5 cm³/mol. The van der Waals surface area contributed by atoms with Gasteiger partial charge in [-0.25, -0.2) is 4.79 Å². The van der Waals surface area contributed by atoms with Crippen LogP contribution in [0.4, 0.5) is 4.79 Å². The van der Waals surface area contributed by atoms with Crippen LogP contribution in [0.1, 0.15) is 26.3 Å². The van der Waals surface area contributed by atoms with Crippen molar-refractivity contribution in [3.63, 3.8) is 0 Å². The summed E-state index contributed by atoms with van der Waals surface area (Å²) in [5.41, 5.74) is 0.175. The molecule has 0 N–H and O–H groups in total. The number of ether oxygens (including phenoxy) is 1. The molecule has 3 aliphatic heterocycles. The van der Waals surface area contributed by atoms with Gasteiger partial charge in [0.1, 0.15) is 10.5 Å². The van der Waals surface area contributed by atoms with E-state index in [0.717, 1.165) is 0 Å². The van der Waals surface area contributed by atoms with Gasteiger partial charge in [0, 0.05) is 43.6 Å². The first-order chi connectivity index (χ1) is 12.1. The monoisotopic (exact) mass is 377 g/mol. The minimum atomic E-state index is -3.60. The van der Waals surface area contributed by atoms with Crippen LogP contribution in [0, 0.1) is 11.8 Å². The molecule has 26 heavy (non-hydrogen) atoms. The van der Waals surface area contributed by atoms with Crippen molar-refractivity contribution in [1.29, 1.82) is 0 Å². The lowest BCUT2D eigenvalue weighted by molar-refractivity contribution is 0.0278. The summed E-state index contributed by atoms with van der Waals surface area (Å²) in [6.45, 7) is 8.26. The Bertz CT molecular complexity index is 874. The number of fused-ring (bicyclic) bond motifs is 2. The summed E-state index contributed by atoms with van der Waals surface area (Å²) < 4.78 is 34.0. The van der Waals surface area contributed by atoms with Crippen molar-refractivity contribution < 1.29 is 17.9 Å². The Morgan fingerprint density at radius 3 is 2.35 bits per heavy atom. The highest BCUT2D eigenvalue weighted by atomic mass is 32.2. The lowest BCUT2D eigenvalue weighted by Gasteiger charge is -2.26. The van der Waals surface area contributed by atoms with Gasteiger partial charge in [-0.15, -0.1) is 4.40 Å². The molecule has 3 aliphatic rings. The highest BCUT2D eigenvalue weighted by Crippen LogP contribution is 2.35. The molecule has 2 unspecified atom stereocenters. The van der Waals surface area contributed by atoms with E-state index in [2.05, 4.69) is 4.40 Å². The number of hydrogen-bond donors (Lipinski definition) is 0. The zero-order valence-corrected chi connectivity index (χ0v) is 16.0. The molecular formula is C18H23N3O4S. The van der Waals surface area contributed by atoms with E-state index in [1.165, 1.54) is 0 Å². The van der Waals surface area contributed by atoms with Gasteiger partial charge >= 0.3 is 6.09 Å². The molecule has 7 nitrogen and oxygen atoms in total. The number of amides is 1. The zero-order chi connectivity index (χ0) is 18.7. The molecule has 2 atom stereocenters. The van der Waals surface area contributed by atoms with Crippen molar-refractivity contribution in [3.8, 4) is 0 Å². The Morgan fingerprint density at radius 2 is 1.73 bits per heavy atom. The number of hydrogen-bond acceptors (Lipinski definition) is 5. The number of amidine groups is 1. The molecule has 2 saturated heterocycles. The van der Waals surface area contributed by atoms with E-state index in [-0.39, 0.29) is 11.0 Å². The van der Waals surface area contributed by atoms with Gasteiger partial charge in [0.15, 0.2) is 5.84 Å². The third-order valence-electron chi connectivity index (χ3n) is 5.05. The third-order valence-corrected chi connectivity index (χ3v) is 6.38. The summed E-state index contributed by atoms with van der Waals surface area (Å²) in [6, 6.07) is 6.95. The van der Waals surface area contributed by atoms with Crippen LogP contribution in [-0.4, -0.2) is 61.9 Å². The first kappa shape index (κ1) is 17.3. The quantitative estimate of drug-likeness (QED) is 0.690. The molecule has 1 aromatic carbocycles. The summed E-state index contributed by atoms with van der Waals surface area (Å²) >= 11 is 0. The van der Waals surface area contributed by atoms with Crippen molar-refractivity contribution >= 4 is 22.0 Å². The summed E-state index contributed by atoms with van der Waals surface area (Å²) in [7, 11) is -3.60. The first-order valence-corrected chi connectivity index (χ1v) is 10.3. The number of nitrogens with zero attached hydrogens (tertiary/aromatic N) is 3. The lowest BCUT2D eigenvalue weighted by atomic mass is 10.0. The Hall–Kier alpha value is -2.09. The van der Waals surface area contributed by atoms with Gasteiger partial charge in [-0.2, -0.15) is 8.42 Å². The summed E-state index contributed by atoms with van der Waals surface area (Å²) in [5, 5.41) is 0. The Kier molecular flexibility index (Phi) is 3.80. The second-order valence-electron chi connectivity index (χ2n) is 8.20. The van der Waals surface area contributed by atoms with Gasteiger partial charge in [0.25, 0.3) is 10.0 Å². The van der Waals surface area contributed by atoms with E-state index in [0.29, 0.717) is 49.4 Å². The van der Waals surface area contributed by atoms with Crippen LogP contribution in [-0.2, 0) is 14.8 Å². The number of carbonyl (C=O) groups excluding carboxylic acids is 1. The maximum atomic E-state index is 12.3. The van der Waals surface area contributed by atoms with Gasteiger partial charge in [0.05, 0.1) is 0 Å². The van der Waals surface area contributed by atoms with Crippen LogP contribution in [0.25, 0.3) is 0 Å². The third kappa shape index (κ3) is 2.96. The molecule has 140 valence electrons. The molecule has 0 radical (unpaired) electrons. The van der Waals surface area contributed by atoms with Crippen molar-refractivity contribution in [2.45, 2.75) is 31.3 Å². The zero-order valence-electron chi connectivity index (χ0n) is 15.2. The van der Waals surface area contributed by atoms with Crippen LogP contribution in [0.3, 0.4) is 0 Å². The maximum Gasteiger partial charge on any atom is 0.410 e. The van der Waals surface area contributed by atoms with Crippen molar-refractivity contribution in [2.24, 2.45) is 16.2 Å². The Balaban J connectivity index is 1.47. The number of benzene rings is 1. The number of rotatable bonds is 0. The Morgan fingerprint density at radius 1 is 1.12 bits per heavy atom. The van der Waals surface area contributed by atoms with Crippen LogP contribution in [0.2, 0.25) is 0 Å². The van der Waals surface area contributed by atoms with Crippen molar-refractivity contribution in [3.05, 3.63) is 29.8 Å². The standard InChI is InChI=1S/C18H23N3O4S/c1-18(2,3)25-17(22)21-10-12-8-20(9-13(12)11-21)16-14-6-4-5-7-15(14)26(23,24)19-16/h4-7,12-13H,8-11H2,1-3H3. The SMILES string of the molecule is CC(C)(C)OC(=O)N1CC2CN(C3=NS(=O)(=O)c4ccccc43)CC2C1. The van der Waals surface area contributed by atoms with E-state index in [1.54, 1.807) is 23.1 Å². The van der Waals surface area contributed by atoms with Crippen LogP contribution in [0.5, 0.6) is 0 Å². The average molecular weight is 377 g/mol. The molecule has 0 aliphatic carbocycles. The topological polar surface area (TPSA) is 79.3 Å². The number of likely N-dealkylation sites (tertiary alicyclic amines) is 2. The molecule has 8 heteroatoms. The fraction of sp³-hybridized carbons (Fsp3) is 0.556. The highest BCUT2D eigenvalue weighted by Gasteiger charge is 2.45. The predicted octanol–water partition coefficient (Wildman–Crippen LogP) is 1.93. The minimum Gasteiger partial charge on any atom is -0.444 e. The normalized spacial score (nSPS) is 26.5. The maximum absolute atomic E-state index is 12.3. The van der Waals surface area contributed by atoms with Gasteiger partial charge in [-0.3, -0.25) is 0 Å². The van der Waals surface area contributed by atoms with Gasteiger partial charge in [-0.05, 0) is 32.9 Å². The van der Waals surface area contributed by atoms with Crippen molar-refractivity contribution in [1.82, 2.24) is 9.80 Å². The molecule has 3 heterocycles. The minimum absolute atomic E-state index is 0.274. The molecule has 0 spiro atoms. The van der Waals surface area contributed by atoms with Crippen molar-refractivity contribution in [2.75, 3.05) is 26.2 Å². The number of carbonyl (C=O) groups is 1. The summed E-state index contributed by atoms with van der Waals surface area (Å²) in [6.07, 6.45) is -0.274. The van der Waals surface area contributed by atoms with Gasteiger partial charge < -0.3 is 14.5 Å². The van der Waals surface area contributed by atoms with E-state index >= 15 is 0 Å².